The molecule has 5 nitrogen and oxygen atoms in total. The van der Waals surface area contributed by atoms with E-state index in [1.807, 2.05) is 9.80 Å². The quantitative estimate of drug-likeness (QED) is 0.779. The highest BCUT2D eigenvalue weighted by Crippen LogP contribution is 2.21. The highest BCUT2D eigenvalue weighted by Gasteiger charge is 2.31. The Morgan fingerprint density at radius 2 is 1.85 bits per heavy atom. The standard InChI is InChI=1S/C15H26N2O3/c1-12(2)10-14(18)17-5-3-4-13(11-17)15(19)16-6-8-20-9-7-16/h12-13H,3-11H2,1-2H3/t13-/m1/s1. The van der Waals surface area contributed by atoms with Gasteiger partial charge in [0.1, 0.15) is 0 Å². The summed E-state index contributed by atoms with van der Waals surface area (Å²) in [6.45, 7) is 8.16. The first-order valence-corrected chi connectivity index (χ1v) is 7.72. The summed E-state index contributed by atoms with van der Waals surface area (Å²) >= 11 is 0. The summed E-state index contributed by atoms with van der Waals surface area (Å²) < 4.78 is 5.28. The third-order valence-electron chi connectivity index (χ3n) is 4.03. The molecule has 0 N–H and O–H groups in total. The monoisotopic (exact) mass is 282 g/mol. The van der Waals surface area contributed by atoms with Gasteiger partial charge in [-0.2, -0.15) is 0 Å². The predicted molar refractivity (Wildman–Crippen MR) is 76.2 cm³/mol. The normalized spacial score (nSPS) is 24.1. The van der Waals surface area contributed by atoms with E-state index in [0.717, 1.165) is 19.4 Å². The summed E-state index contributed by atoms with van der Waals surface area (Å²) in [4.78, 5) is 28.4. The zero-order valence-electron chi connectivity index (χ0n) is 12.6. The number of morpholine rings is 1. The van der Waals surface area contributed by atoms with E-state index in [-0.39, 0.29) is 17.7 Å². The molecule has 2 amide bonds. The van der Waals surface area contributed by atoms with Gasteiger partial charge in [0.25, 0.3) is 0 Å². The predicted octanol–water partition coefficient (Wildman–Crippen LogP) is 1.13. The first-order valence-electron chi connectivity index (χ1n) is 7.72. The van der Waals surface area contributed by atoms with Gasteiger partial charge in [0.2, 0.25) is 11.8 Å². The Hall–Kier alpha value is -1.10. The Bertz CT molecular complexity index is 351. The molecule has 0 radical (unpaired) electrons. The van der Waals surface area contributed by atoms with Crippen molar-refractivity contribution < 1.29 is 14.3 Å². The Morgan fingerprint density at radius 1 is 1.15 bits per heavy atom. The topological polar surface area (TPSA) is 49.9 Å². The van der Waals surface area contributed by atoms with Crippen LogP contribution in [0, 0.1) is 11.8 Å². The minimum absolute atomic E-state index is 0.0158. The molecule has 114 valence electrons. The summed E-state index contributed by atoms with van der Waals surface area (Å²) in [6.07, 6.45) is 2.42. The van der Waals surface area contributed by atoms with Crippen LogP contribution in [0.1, 0.15) is 33.1 Å². The van der Waals surface area contributed by atoms with Crippen LogP contribution in [0.4, 0.5) is 0 Å². The molecule has 2 heterocycles. The average molecular weight is 282 g/mol. The molecule has 2 aliphatic rings. The SMILES string of the molecule is CC(C)CC(=O)N1CCC[C@@H](C(=O)N2CCOCC2)C1. The molecule has 0 aromatic carbocycles. The van der Waals surface area contributed by atoms with Gasteiger partial charge in [0.15, 0.2) is 0 Å². The smallest absolute Gasteiger partial charge is 0.227 e. The van der Waals surface area contributed by atoms with Crippen LogP contribution in [0.5, 0.6) is 0 Å². The maximum absolute atomic E-state index is 12.5. The highest BCUT2D eigenvalue weighted by atomic mass is 16.5. The van der Waals surface area contributed by atoms with Crippen LogP contribution < -0.4 is 0 Å². The van der Waals surface area contributed by atoms with Gasteiger partial charge in [-0.1, -0.05) is 13.8 Å². The van der Waals surface area contributed by atoms with Crippen LogP contribution in [-0.4, -0.2) is 61.0 Å². The fourth-order valence-electron chi connectivity index (χ4n) is 2.93. The maximum atomic E-state index is 12.5. The fourth-order valence-corrected chi connectivity index (χ4v) is 2.93. The van der Waals surface area contributed by atoms with Crippen LogP contribution in [-0.2, 0) is 14.3 Å². The average Bonchev–Trinajstić information content (AvgIpc) is 2.47. The van der Waals surface area contributed by atoms with Gasteiger partial charge in [0, 0.05) is 32.6 Å². The van der Waals surface area contributed by atoms with Crippen LogP contribution in [0.25, 0.3) is 0 Å². The second-order valence-electron chi connectivity index (χ2n) is 6.21. The molecule has 2 fully saturated rings. The van der Waals surface area contributed by atoms with Crippen LogP contribution >= 0.6 is 0 Å². The molecule has 0 aliphatic carbocycles. The minimum Gasteiger partial charge on any atom is -0.378 e. The Morgan fingerprint density at radius 3 is 2.50 bits per heavy atom. The van der Waals surface area contributed by atoms with Gasteiger partial charge in [-0.05, 0) is 18.8 Å². The first kappa shape index (κ1) is 15.3. The van der Waals surface area contributed by atoms with Crippen molar-refractivity contribution in [2.45, 2.75) is 33.1 Å². The number of nitrogens with zero attached hydrogens (tertiary/aromatic N) is 2. The molecule has 2 rings (SSSR count). The molecule has 0 saturated carbocycles. The number of carbonyl (C=O) groups is 2. The molecule has 0 aromatic heterocycles. The van der Waals surface area contributed by atoms with Crippen LogP contribution in [0.15, 0.2) is 0 Å². The largest absolute Gasteiger partial charge is 0.378 e. The number of amides is 2. The lowest BCUT2D eigenvalue weighted by Crippen LogP contribution is -2.49. The van der Waals surface area contributed by atoms with Gasteiger partial charge in [-0.3, -0.25) is 9.59 Å². The summed E-state index contributed by atoms with van der Waals surface area (Å²) in [5, 5.41) is 0. The number of hydrogen-bond donors (Lipinski definition) is 0. The van der Waals surface area contributed by atoms with E-state index in [4.69, 9.17) is 4.74 Å². The molecule has 20 heavy (non-hydrogen) atoms. The molecule has 0 aromatic rings. The van der Waals surface area contributed by atoms with E-state index in [9.17, 15) is 9.59 Å². The molecule has 0 bridgehead atoms. The van der Waals surface area contributed by atoms with Gasteiger partial charge < -0.3 is 14.5 Å². The number of piperidine rings is 1. The van der Waals surface area contributed by atoms with E-state index in [1.54, 1.807) is 0 Å². The van der Waals surface area contributed by atoms with Crippen molar-refractivity contribution in [3.05, 3.63) is 0 Å². The number of likely N-dealkylation sites (tertiary alicyclic amines) is 1. The van der Waals surface area contributed by atoms with Crippen LogP contribution in [0.3, 0.4) is 0 Å². The van der Waals surface area contributed by atoms with Gasteiger partial charge in [-0.25, -0.2) is 0 Å². The first-order chi connectivity index (χ1) is 9.58. The molecule has 2 aliphatic heterocycles. The zero-order valence-corrected chi connectivity index (χ0v) is 12.6. The molecule has 0 spiro atoms. The molecular formula is C15H26N2O3. The van der Waals surface area contributed by atoms with Crippen molar-refractivity contribution in [3.63, 3.8) is 0 Å². The van der Waals surface area contributed by atoms with E-state index >= 15 is 0 Å². The second kappa shape index (κ2) is 7.07. The lowest BCUT2D eigenvalue weighted by molar-refractivity contribution is -0.144. The highest BCUT2D eigenvalue weighted by molar-refractivity contribution is 5.81. The summed E-state index contributed by atoms with van der Waals surface area (Å²) in [6, 6.07) is 0. The molecular weight excluding hydrogens is 256 g/mol. The Balaban J connectivity index is 1.89. The van der Waals surface area contributed by atoms with Gasteiger partial charge in [-0.15, -0.1) is 0 Å². The fraction of sp³-hybridized carbons (Fsp3) is 0.867. The maximum Gasteiger partial charge on any atom is 0.227 e. The molecule has 0 unspecified atom stereocenters. The lowest BCUT2D eigenvalue weighted by atomic mass is 9.95. The Labute approximate surface area is 121 Å². The van der Waals surface area contributed by atoms with Crippen molar-refractivity contribution in [2.24, 2.45) is 11.8 Å². The number of carbonyl (C=O) groups excluding carboxylic acids is 2. The van der Waals surface area contributed by atoms with Crippen molar-refractivity contribution in [1.82, 2.24) is 9.80 Å². The Kier molecular flexibility index (Phi) is 5.40. The van der Waals surface area contributed by atoms with Crippen molar-refractivity contribution in [1.29, 1.82) is 0 Å². The van der Waals surface area contributed by atoms with Crippen molar-refractivity contribution >= 4 is 11.8 Å². The summed E-state index contributed by atoms with van der Waals surface area (Å²) in [7, 11) is 0. The lowest BCUT2D eigenvalue weighted by Gasteiger charge is -2.36. The third-order valence-corrected chi connectivity index (χ3v) is 4.03. The van der Waals surface area contributed by atoms with Gasteiger partial charge >= 0.3 is 0 Å². The van der Waals surface area contributed by atoms with Crippen molar-refractivity contribution in [3.8, 4) is 0 Å². The second-order valence-corrected chi connectivity index (χ2v) is 6.21. The molecule has 1 atom stereocenters. The number of rotatable bonds is 3. The zero-order chi connectivity index (χ0) is 14.5. The van der Waals surface area contributed by atoms with E-state index in [0.29, 0.717) is 45.2 Å². The van der Waals surface area contributed by atoms with E-state index in [2.05, 4.69) is 13.8 Å². The number of hydrogen-bond acceptors (Lipinski definition) is 3. The van der Waals surface area contributed by atoms with Gasteiger partial charge in [0.05, 0.1) is 19.1 Å². The molecule has 2 saturated heterocycles. The van der Waals surface area contributed by atoms with E-state index in [1.165, 1.54) is 0 Å². The number of ether oxygens (including phenoxy) is 1. The summed E-state index contributed by atoms with van der Waals surface area (Å²) in [5.74, 6) is 0.755. The third kappa shape index (κ3) is 3.95. The molecule has 5 heteroatoms. The van der Waals surface area contributed by atoms with Crippen LogP contribution in [0.2, 0.25) is 0 Å². The summed E-state index contributed by atoms with van der Waals surface area (Å²) in [5.41, 5.74) is 0. The van der Waals surface area contributed by atoms with E-state index < -0.39 is 0 Å². The van der Waals surface area contributed by atoms with Crippen molar-refractivity contribution in [2.75, 3.05) is 39.4 Å². The minimum atomic E-state index is -0.0158.